The van der Waals surface area contributed by atoms with Crippen LogP contribution in [0.3, 0.4) is 0 Å². The quantitative estimate of drug-likeness (QED) is 0.434. The van der Waals surface area contributed by atoms with Crippen molar-refractivity contribution in [3.05, 3.63) is 77.6 Å². The number of hydrogen-bond acceptors (Lipinski definition) is 6. The summed E-state index contributed by atoms with van der Waals surface area (Å²) in [6.45, 7) is 1.72. The van der Waals surface area contributed by atoms with Gasteiger partial charge in [-0.05, 0) is 43.3 Å². The molecule has 0 saturated heterocycles. The van der Waals surface area contributed by atoms with Gasteiger partial charge in [0.15, 0.2) is 5.69 Å². The lowest BCUT2D eigenvalue weighted by atomic mass is 10.1. The van der Waals surface area contributed by atoms with E-state index in [1.54, 1.807) is 37.3 Å². The summed E-state index contributed by atoms with van der Waals surface area (Å²) in [5, 5.41) is 8.17. The molecular weight excluding hydrogens is 481 g/mol. The lowest BCUT2D eigenvalue weighted by Crippen LogP contribution is -2.49. The Morgan fingerprint density at radius 1 is 1.03 bits per heavy atom. The first-order valence-corrected chi connectivity index (χ1v) is 10.8. The number of nitrogens with zero attached hydrogens (tertiary/aromatic N) is 2. The topological polar surface area (TPSA) is 112 Å². The molecule has 2 amide bonds. The zero-order chi connectivity index (χ0) is 26.3. The van der Waals surface area contributed by atoms with E-state index < -0.39 is 47.8 Å². The van der Waals surface area contributed by atoms with Crippen molar-refractivity contribution >= 4 is 17.8 Å². The average molecular weight is 504 g/mol. The number of carbonyl (C=O) groups excluding carboxylic acids is 3. The summed E-state index contributed by atoms with van der Waals surface area (Å²) in [4.78, 5) is 37.4. The minimum absolute atomic E-state index is 0.196. The Labute approximate surface area is 204 Å². The zero-order valence-corrected chi connectivity index (χ0v) is 19.3. The van der Waals surface area contributed by atoms with Gasteiger partial charge in [0.05, 0.1) is 25.0 Å². The van der Waals surface area contributed by atoms with Gasteiger partial charge >= 0.3 is 12.1 Å². The van der Waals surface area contributed by atoms with Crippen molar-refractivity contribution in [3.63, 3.8) is 0 Å². The van der Waals surface area contributed by atoms with E-state index in [0.29, 0.717) is 18.0 Å². The molecule has 1 atom stereocenters. The molecule has 1 aromatic heterocycles. The number of para-hydroxylation sites is 1. The predicted molar refractivity (Wildman–Crippen MR) is 122 cm³/mol. The Kier molecular flexibility index (Phi) is 8.30. The number of amides is 2. The van der Waals surface area contributed by atoms with Gasteiger partial charge in [-0.1, -0.05) is 18.2 Å². The minimum Gasteiger partial charge on any atom is -0.494 e. The first-order valence-electron chi connectivity index (χ1n) is 10.8. The largest absolute Gasteiger partial charge is 0.494 e. The van der Waals surface area contributed by atoms with E-state index in [1.165, 1.54) is 24.3 Å². The van der Waals surface area contributed by atoms with E-state index in [1.807, 2.05) is 0 Å². The maximum atomic E-state index is 13.6. The number of alkyl halides is 3. The molecular formula is C24H23F3N4O5. The second kappa shape index (κ2) is 11.4. The van der Waals surface area contributed by atoms with Crippen LogP contribution in [-0.2, 0) is 15.7 Å². The van der Waals surface area contributed by atoms with Crippen LogP contribution < -0.4 is 15.4 Å². The fourth-order valence-corrected chi connectivity index (χ4v) is 3.20. The Balaban J connectivity index is 1.76. The molecule has 3 rings (SSSR count). The molecule has 190 valence electrons. The van der Waals surface area contributed by atoms with Crippen LogP contribution in [0, 0.1) is 0 Å². The van der Waals surface area contributed by atoms with Crippen molar-refractivity contribution in [1.82, 2.24) is 20.4 Å². The predicted octanol–water partition coefficient (Wildman–Crippen LogP) is 2.99. The van der Waals surface area contributed by atoms with E-state index in [2.05, 4.69) is 20.5 Å². The summed E-state index contributed by atoms with van der Waals surface area (Å²) in [7, 11) is 1.08. The molecule has 0 radical (unpaired) electrons. The number of benzene rings is 2. The molecule has 9 nitrogen and oxygen atoms in total. The van der Waals surface area contributed by atoms with Crippen molar-refractivity contribution in [2.24, 2.45) is 0 Å². The molecule has 3 aromatic rings. The molecule has 0 fully saturated rings. The number of aromatic nitrogens is 2. The molecule has 2 N–H and O–H groups in total. The normalized spacial score (nSPS) is 11.9. The van der Waals surface area contributed by atoms with Crippen molar-refractivity contribution in [2.75, 3.05) is 20.3 Å². The number of halogens is 3. The van der Waals surface area contributed by atoms with Crippen molar-refractivity contribution in [1.29, 1.82) is 0 Å². The van der Waals surface area contributed by atoms with Gasteiger partial charge in [0.2, 0.25) is 0 Å². The summed E-state index contributed by atoms with van der Waals surface area (Å²) in [5.41, 5.74) is -1.62. The van der Waals surface area contributed by atoms with Gasteiger partial charge in [0.1, 0.15) is 11.8 Å². The molecule has 0 saturated carbocycles. The van der Waals surface area contributed by atoms with Crippen LogP contribution in [-0.4, -0.2) is 53.9 Å². The second-order valence-electron chi connectivity index (χ2n) is 7.39. The molecule has 0 bridgehead atoms. The van der Waals surface area contributed by atoms with Gasteiger partial charge in [-0.3, -0.25) is 9.59 Å². The van der Waals surface area contributed by atoms with E-state index >= 15 is 0 Å². The molecule has 0 spiro atoms. The van der Waals surface area contributed by atoms with E-state index in [9.17, 15) is 27.6 Å². The summed E-state index contributed by atoms with van der Waals surface area (Å²) in [6.07, 6.45) is -3.96. The molecule has 1 heterocycles. The maximum Gasteiger partial charge on any atom is 0.435 e. The van der Waals surface area contributed by atoms with Crippen LogP contribution in [0.4, 0.5) is 13.2 Å². The van der Waals surface area contributed by atoms with Crippen LogP contribution in [0.1, 0.15) is 33.3 Å². The van der Waals surface area contributed by atoms with E-state index in [-0.39, 0.29) is 5.56 Å². The van der Waals surface area contributed by atoms with Crippen LogP contribution in [0.25, 0.3) is 5.69 Å². The maximum absolute atomic E-state index is 13.6. The molecule has 12 heteroatoms. The number of carbonyl (C=O) groups is 3. The number of rotatable bonds is 9. The van der Waals surface area contributed by atoms with Crippen molar-refractivity contribution < 1.29 is 37.0 Å². The first kappa shape index (κ1) is 26.3. The summed E-state index contributed by atoms with van der Waals surface area (Å²) in [5.74, 6) is -2.14. The number of ether oxygens (including phenoxy) is 2. The third-order valence-corrected chi connectivity index (χ3v) is 4.93. The molecule has 36 heavy (non-hydrogen) atoms. The van der Waals surface area contributed by atoms with E-state index in [0.717, 1.165) is 18.0 Å². The Hall–Kier alpha value is -4.35. The lowest BCUT2D eigenvalue weighted by molar-refractivity contribution is -0.143. The van der Waals surface area contributed by atoms with Gasteiger partial charge in [0, 0.05) is 18.3 Å². The van der Waals surface area contributed by atoms with Gasteiger partial charge in [-0.2, -0.15) is 18.3 Å². The Morgan fingerprint density at radius 3 is 2.28 bits per heavy atom. The Morgan fingerprint density at radius 2 is 1.69 bits per heavy atom. The summed E-state index contributed by atoms with van der Waals surface area (Å²) >= 11 is 0. The smallest absolute Gasteiger partial charge is 0.435 e. The monoisotopic (exact) mass is 504 g/mol. The molecule has 0 aliphatic carbocycles. The first-order chi connectivity index (χ1) is 17.1. The fourth-order valence-electron chi connectivity index (χ4n) is 3.20. The standard InChI is InChI=1S/C24H23F3N4O5/c1-3-36-17-11-9-15(10-12-17)21(32)29-19(23(34)35-2)13-28-22(33)18-14-31(16-7-5-4-6-8-16)30-20(18)24(25,26)27/h4-12,14,19H,3,13H2,1-2H3,(H,28,33)(H,29,32)/t19-/m0/s1. The van der Waals surface area contributed by atoms with Crippen LogP contribution in [0.5, 0.6) is 5.75 Å². The van der Waals surface area contributed by atoms with E-state index in [4.69, 9.17) is 4.74 Å². The second-order valence-corrected chi connectivity index (χ2v) is 7.39. The van der Waals surface area contributed by atoms with Crippen LogP contribution >= 0.6 is 0 Å². The number of nitrogens with one attached hydrogen (secondary N) is 2. The highest BCUT2D eigenvalue weighted by Gasteiger charge is 2.39. The minimum atomic E-state index is -4.91. The Bertz CT molecular complexity index is 1210. The van der Waals surface area contributed by atoms with Gasteiger partial charge in [-0.15, -0.1) is 0 Å². The summed E-state index contributed by atoms with van der Waals surface area (Å²) < 4.78 is 51.6. The highest BCUT2D eigenvalue weighted by molar-refractivity contribution is 5.98. The average Bonchev–Trinajstić information content (AvgIpc) is 3.33. The third-order valence-electron chi connectivity index (χ3n) is 4.93. The SMILES string of the molecule is CCOc1ccc(C(=O)N[C@@H](CNC(=O)c2cn(-c3ccccc3)nc2C(F)(F)F)C(=O)OC)cc1. The number of hydrogen-bond donors (Lipinski definition) is 2. The number of esters is 1. The van der Waals surface area contributed by atoms with Crippen LogP contribution in [0.2, 0.25) is 0 Å². The van der Waals surface area contributed by atoms with Gasteiger partial charge in [0.25, 0.3) is 11.8 Å². The molecule has 0 unspecified atom stereocenters. The highest BCUT2D eigenvalue weighted by atomic mass is 19.4. The lowest BCUT2D eigenvalue weighted by Gasteiger charge is -2.17. The van der Waals surface area contributed by atoms with Crippen molar-refractivity contribution in [2.45, 2.75) is 19.1 Å². The fraction of sp³-hybridized carbons (Fsp3) is 0.250. The van der Waals surface area contributed by atoms with Crippen molar-refractivity contribution in [3.8, 4) is 11.4 Å². The molecule has 0 aliphatic rings. The number of methoxy groups -OCH3 is 1. The summed E-state index contributed by atoms with van der Waals surface area (Å²) in [6, 6.07) is 12.7. The zero-order valence-electron chi connectivity index (χ0n) is 19.3. The molecule has 0 aliphatic heterocycles. The third kappa shape index (κ3) is 6.40. The molecule has 2 aromatic carbocycles. The van der Waals surface area contributed by atoms with Gasteiger partial charge < -0.3 is 20.1 Å². The highest BCUT2D eigenvalue weighted by Crippen LogP contribution is 2.31. The van der Waals surface area contributed by atoms with Crippen LogP contribution in [0.15, 0.2) is 60.8 Å². The van der Waals surface area contributed by atoms with Gasteiger partial charge in [-0.25, -0.2) is 9.48 Å².